The van der Waals surface area contributed by atoms with Gasteiger partial charge in [-0.05, 0) is 47.7 Å². The molecule has 30 heavy (non-hydrogen) atoms. The first-order valence-corrected chi connectivity index (χ1v) is 10.6. The number of rotatable bonds is 6. The van der Waals surface area contributed by atoms with E-state index in [0.717, 1.165) is 41.3 Å². The molecule has 2 aromatic rings. The van der Waals surface area contributed by atoms with Crippen molar-refractivity contribution < 1.29 is 19.1 Å². The molecule has 1 N–H and O–H groups in total. The van der Waals surface area contributed by atoms with Gasteiger partial charge in [0.2, 0.25) is 11.8 Å². The van der Waals surface area contributed by atoms with Gasteiger partial charge in [-0.2, -0.15) is 0 Å². The topological polar surface area (TPSA) is 67.9 Å². The van der Waals surface area contributed by atoms with Gasteiger partial charge in [0.1, 0.15) is 13.2 Å². The average molecular weight is 408 g/mol. The number of hydrogen-bond acceptors (Lipinski definition) is 4. The van der Waals surface area contributed by atoms with E-state index in [1.807, 2.05) is 42.5 Å². The van der Waals surface area contributed by atoms with Crippen LogP contribution in [0.1, 0.15) is 43.9 Å². The third-order valence-electron chi connectivity index (χ3n) is 5.59. The standard InChI is InChI=1S/C24H28N2O4/c1-16(2)24(18-7-10-20-21(15-18)30-13-12-29-20)25-22(27)14-17-5-8-19(9-6-17)26-11-3-4-23(26)28/h5-10,15-16,24H,3-4,11-14H2,1-2H3,(H,25,27)/t24-/m0/s1. The summed E-state index contributed by atoms with van der Waals surface area (Å²) in [4.78, 5) is 26.4. The number of carbonyl (C=O) groups excluding carboxylic acids is 2. The van der Waals surface area contributed by atoms with Crippen LogP contribution in [0.15, 0.2) is 42.5 Å². The first-order chi connectivity index (χ1) is 14.5. The van der Waals surface area contributed by atoms with Crippen molar-refractivity contribution in [3.8, 4) is 11.5 Å². The number of nitrogens with zero attached hydrogens (tertiary/aromatic N) is 1. The Labute approximate surface area is 177 Å². The molecule has 0 unspecified atom stereocenters. The summed E-state index contributed by atoms with van der Waals surface area (Å²) in [6.45, 7) is 6.03. The Morgan fingerprint density at radius 3 is 2.47 bits per heavy atom. The number of fused-ring (bicyclic) bond motifs is 1. The maximum absolute atomic E-state index is 12.8. The number of carbonyl (C=O) groups is 2. The Balaban J connectivity index is 1.42. The Bertz CT molecular complexity index is 923. The van der Waals surface area contributed by atoms with Crippen molar-refractivity contribution in [3.05, 3.63) is 53.6 Å². The highest BCUT2D eigenvalue weighted by Gasteiger charge is 2.23. The summed E-state index contributed by atoms with van der Waals surface area (Å²) in [6.07, 6.45) is 1.81. The third-order valence-corrected chi connectivity index (χ3v) is 5.59. The molecule has 0 aromatic heterocycles. The minimum absolute atomic E-state index is 0.0337. The van der Waals surface area contributed by atoms with Crippen LogP contribution < -0.4 is 19.7 Å². The average Bonchev–Trinajstić information content (AvgIpc) is 3.18. The molecule has 2 amide bonds. The monoisotopic (exact) mass is 408 g/mol. The molecular formula is C24H28N2O4. The lowest BCUT2D eigenvalue weighted by atomic mass is 9.95. The second-order valence-electron chi connectivity index (χ2n) is 8.18. The van der Waals surface area contributed by atoms with Gasteiger partial charge in [0.15, 0.2) is 11.5 Å². The first-order valence-electron chi connectivity index (χ1n) is 10.6. The lowest BCUT2D eigenvalue weighted by Gasteiger charge is -2.25. The molecule has 1 fully saturated rings. The zero-order chi connectivity index (χ0) is 21.1. The zero-order valence-corrected chi connectivity index (χ0v) is 17.5. The van der Waals surface area contributed by atoms with E-state index >= 15 is 0 Å². The van der Waals surface area contributed by atoms with Crippen LogP contribution in [0.25, 0.3) is 0 Å². The summed E-state index contributed by atoms with van der Waals surface area (Å²) in [5.41, 5.74) is 2.83. The second kappa shape index (κ2) is 8.78. The molecular weight excluding hydrogens is 380 g/mol. The molecule has 0 aliphatic carbocycles. The van der Waals surface area contributed by atoms with E-state index in [4.69, 9.17) is 9.47 Å². The van der Waals surface area contributed by atoms with Gasteiger partial charge in [-0.15, -0.1) is 0 Å². The van der Waals surface area contributed by atoms with Gasteiger partial charge in [-0.1, -0.05) is 32.0 Å². The van der Waals surface area contributed by atoms with E-state index in [0.29, 0.717) is 26.1 Å². The molecule has 0 saturated carbocycles. The van der Waals surface area contributed by atoms with Crippen molar-refractivity contribution in [2.45, 2.75) is 39.2 Å². The van der Waals surface area contributed by atoms with E-state index in [9.17, 15) is 9.59 Å². The van der Waals surface area contributed by atoms with Gasteiger partial charge in [-0.3, -0.25) is 9.59 Å². The summed E-state index contributed by atoms with van der Waals surface area (Å²) in [5, 5.41) is 3.16. The minimum atomic E-state index is -0.116. The molecule has 1 atom stereocenters. The predicted molar refractivity (Wildman–Crippen MR) is 115 cm³/mol. The van der Waals surface area contributed by atoms with E-state index in [1.54, 1.807) is 4.90 Å². The number of amides is 2. The molecule has 2 heterocycles. The first kappa shape index (κ1) is 20.3. The molecule has 6 nitrogen and oxygen atoms in total. The largest absolute Gasteiger partial charge is 0.486 e. The van der Waals surface area contributed by atoms with Crippen LogP contribution in [0.2, 0.25) is 0 Å². The van der Waals surface area contributed by atoms with E-state index in [1.165, 1.54) is 0 Å². The number of ether oxygens (including phenoxy) is 2. The number of nitrogens with one attached hydrogen (secondary N) is 1. The summed E-state index contributed by atoms with van der Waals surface area (Å²) in [7, 11) is 0. The van der Waals surface area contributed by atoms with Gasteiger partial charge in [-0.25, -0.2) is 0 Å². The van der Waals surface area contributed by atoms with Crippen LogP contribution in [0.4, 0.5) is 5.69 Å². The van der Waals surface area contributed by atoms with E-state index < -0.39 is 0 Å². The Morgan fingerprint density at radius 2 is 1.80 bits per heavy atom. The van der Waals surface area contributed by atoms with E-state index in [-0.39, 0.29) is 23.8 Å². The third kappa shape index (κ3) is 4.42. The highest BCUT2D eigenvalue weighted by Crippen LogP contribution is 2.34. The van der Waals surface area contributed by atoms with Gasteiger partial charge < -0.3 is 19.7 Å². The molecule has 2 aliphatic heterocycles. The van der Waals surface area contributed by atoms with Crippen LogP contribution in [0.5, 0.6) is 11.5 Å². The van der Waals surface area contributed by atoms with Crippen LogP contribution in [0, 0.1) is 5.92 Å². The number of anilines is 1. The molecule has 1 saturated heterocycles. The maximum atomic E-state index is 12.8. The summed E-state index contributed by atoms with van der Waals surface area (Å²) >= 11 is 0. The van der Waals surface area contributed by atoms with Gasteiger partial charge in [0, 0.05) is 18.7 Å². The summed E-state index contributed by atoms with van der Waals surface area (Å²) < 4.78 is 11.3. The van der Waals surface area contributed by atoms with Crippen LogP contribution in [-0.4, -0.2) is 31.6 Å². The number of benzene rings is 2. The smallest absolute Gasteiger partial charge is 0.227 e. The summed E-state index contributed by atoms with van der Waals surface area (Å²) in [5.74, 6) is 1.83. The fraction of sp³-hybridized carbons (Fsp3) is 0.417. The molecule has 158 valence electrons. The number of hydrogen-bond donors (Lipinski definition) is 1. The van der Waals surface area contributed by atoms with Crippen molar-refractivity contribution >= 4 is 17.5 Å². The van der Waals surface area contributed by atoms with Crippen LogP contribution >= 0.6 is 0 Å². The molecule has 2 aliphatic rings. The molecule has 0 radical (unpaired) electrons. The zero-order valence-electron chi connectivity index (χ0n) is 17.5. The minimum Gasteiger partial charge on any atom is -0.486 e. The highest BCUT2D eigenvalue weighted by molar-refractivity contribution is 5.95. The molecule has 2 aromatic carbocycles. The lowest BCUT2D eigenvalue weighted by molar-refractivity contribution is -0.121. The SMILES string of the molecule is CC(C)[C@H](NC(=O)Cc1ccc(N2CCCC2=O)cc1)c1ccc2c(c1)OCCO2. The highest BCUT2D eigenvalue weighted by atomic mass is 16.6. The van der Waals surface area contributed by atoms with Crippen molar-refractivity contribution in [2.75, 3.05) is 24.7 Å². The van der Waals surface area contributed by atoms with Crippen molar-refractivity contribution in [2.24, 2.45) is 5.92 Å². The van der Waals surface area contributed by atoms with Crippen molar-refractivity contribution in [1.29, 1.82) is 0 Å². The fourth-order valence-corrected chi connectivity index (χ4v) is 4.01. The van der Waals surface area contributed by atoms with Gasteiger partial charge >= 0.3 is 0 Å². The molecule has 0 bridgehead atoms. The van der Waals surface area contributed by atoms with Gasteiger partial charge in [0.05, 0.1) is 12.5 Å². The Hall–Kier alpha value is -3.02. The summed E-state index contributed by atoms with van der Waals surface area (Å²) in [6, 6.07) is 13.4. The molecule has 6 heteroatoms. The second-order valence-corrected chi connectivity index (χ2v) is 8.18. The quantitative estimate of drug-likeness (QED) is 0.792. The van der Waals surface area contributed by atoms with Crippen LogP contribution in [0.3, 0.4) is 0 Å². The molecule has 4 rings (SSSR count). The normalized spacial score (nSPS) is 16.6. The fourth-order valence-electron chi connectivity index (χ4n) is 4.01. The predicted octanol–water partition coefficient (Wildman–Crippen LogP) is 3.64. The lowest BCUT2D eigenvalue weighted by Crippen LogP contribution is -2.33. The van der Waals surface area contributed by atoms with E-state index in [2.05, 4.69) is 19.2 Å². The maximum Gasteiger partial charge on any atom is 0.227 e. The van der Waals surface area contributed by atoms with Crippen molar-refractivity contribution in [3.63, 3.8) is 0 Å². The molecule has 0 spiro atoms. The Morgan fingerprint density at radius 1 is 1.07 bits per heavy atom. The Kier molecular flexibility index (Phi) is 5.93. The van der Waals surface area contributed by atoms with Crippen LogP contribution in [-0.2, 0) is 16.0 Å². The van der Waals surface area contributed by atoms with Gasteiger partial charge in [0.25, 0.3) is 0 Å². The van der Waals surface area contributed by atoms with Crippen molar-refractivity contribution in [1.82, 2.24) is 5.32 Å².